The largest absolute Gasteiger partial charge is 0.457 e. The summed E-state index contributed by atoms with van der Waals surface area (Å²) >= 11 is 0. The quantitative estimate of drug-likeness (QED) is 0.338. The molecular formula is C37H52O12. The lowest BCUT2D eigenvalue weighted by Gasteiger charge is -2.47. The molecule has 12 nitrogen and oxygen atoms in total. The zero-order valence-electron chi connectivity index (χ0n) is 28.7. The molecule has 0 aromatic carbocycles. The van der Waals surface area contributed by atoms with Crippen LogP contribution in [0.4, 0.5) is 0 Å². The topological polar surface area (TPSA) is 130 Å². The Bertz CT molecular complexity index is 1310. The number of rotatable bonds is 2. The maximum atomic E-state index is 13.6. The van der Waals surface area contributed by atoms with Gasteiger partial charge >= 0.3 is 5.97 Å². The first-order valence-corrected chi connectivity index (χ1v) is 18.7. The first-order valence-electron chi connectivity index (χ1n) is 18.7. The van der Waals surface area contributed by atoms with Crippen molar-refractivity contribution in [3.8, 4) is 0 Å². The van der Waals surface area contributed by atoms with Crippen LogP contribution in [0.3, 0.4) is 0 Å². The number of ether oxygens (including phenoxy) is 10. The molecule has 0 amide bonds. The molecule has 0 aliphatic carbocycles. The second-order valence-corrected chi connectivity index (χ2v) is 16.0. The van der Waals surface area contributed by atoms with Crippen LogP contribution in [0, 0.1) is 5.92 Å². The Balaban J connectivity index is 0.994. The van der Waals surface area contributed by atoms with Crippen LogP contribution in [0.1, 0.15) is 77.6 Å². The fraction of sp³-hybridized carbons (Fsp3) is 0.865. The summed E-state index contributed by atoms with van der Waals surface area (Å²) in [6, 6.07) is 0. The number of methoxy groups -OCH3 is 1. The molecule has 1 spiro atoms. The molecule has 10 heterocycles. The van der Waals surface area contributed by atoms with Crippen molar-refractivity contribution in [1.82, 2.24) is 0 Å². The summed E-state index contributed by atoms with van der Waals surface area (Å²) < 4.78 is 65.0. The standard InChI is InChI=1S/C37H52O12/c1-17-11-20-5-7-23-18(2)12-22(41-23)9-10-37-15-27-33(48-37)34-35(46-27)36(49-37)31-24(45-34)8-6-21(43-31)13-29(39)47-32-26(14-25(42-20)19(17)3)44-28(16-38)30(32)40-4/h17,20-28,30-36,38H,2-3,5-16H2,1,4H3/t17-,20+,21-,22+,23+,24+,25-,26-,27-,28+,30+,31+,32+,33+,34?,35-,36+,37+/m1/s1. The number of aliphatic hydroxyl groups is 1. The van der Waals surface area contributed by atoms with Crippen LogP contribution in [0.5, 0.6) is 0 Å². The van der Waals surface area contributed by atoms with Gasteiger partial charge in [0.1, 0.15) is 48.8 Å². The Hall–Kier alpha value is -1.45. The van der Waals surface area contributed by atoms with Crippen molar-refractivity contribution in [2.24, 2.45) is 5.92 Å². The molecule has 0 saturated carbocycles. The lowest BCUT2D eigenvalue weighted by atomic mass is 9.84. The predicted octanol–water partition coefficient (Wildman–Crippen LogP) is 3.06. The molecule has 10 aliphatic heterocycles. The van der Waals surface area contributed by atoms with Crippen LogP contribution in [0.2, 0.25) is 0 Å². The molecule has 1 unspecified atom stereocenters. The second kappa shape index (κ2) is 12.9. The van der Waals surface area contributed by atoms with E-state index < -0.39 is 42.3 Å². The summed E-state index contributed by atoms with van der Waals surface area (Å²) in [4.78, 5) is 13.6. The minimum atomic E-state index is -0.795. The van der Waals surface area contributed by atoms with Gasteiger partial charge in [-0.3, -0.25) is 4.79 Å². The highest BCUT2D eigenvalue weighted by molar-refractivity contribution is 5.70. The third kappa shape index (κ3) is 5.86. The van der Waals surface area contributed by atoms with Crippen molar-refractivity contribution in [1.29, 1.82) is 0 Å². The van der Waals surface area contributed by atoms with E-state index in [1.165, 1.54) is 0 Å². The van der Waals surface area contributed by atoms with Crippen LogP contribution < -0.4 is 0 Å². The lowest BCUT2D eigenvalue weighted by molar-refractivity contribution is -0.293. The third-order valence-electron chi connectivity index (χ3n) is 12.9. The number of carbonyl (C=O) groups is 1. The molecular weight excluding hydrogens is 636 g/mol. The molecule has 0 radical (unpaired) electrons. The van der Waals surface area contributed by atoms with Gasteiger partial charge in [-0.1, -0.05) is 20.1 Å². The SMILES string of the molecule is C=C1C[C@@H]2CC[C@@]34C[C@H]5O[C@@H]6C(O[C@H]7CC[C@H](CC(=O)O[C@@H]8[C@@H](OC)[C@H](CO)O[C@@H]8C[C@H]8O[C@@H](CC[C@@H]1O2)C[C@@H](C)C8=C)O[C@@H]7[C@@H]6O3)[C@H]5O4. The molecule has 10 fully saturated rings. The molecule has 0 aromatic heterocycles. The smallest absolute Gasteiger partial charge is 0.308 e. The average molecular weight is 689 g/mol. The fourth-order valence-corrected chi connectivity index (χ4v) is 10.4. The number of carbonyl (C=O) groups excluding carboxylic acids is 1. The fourth-order valence-electron chi connectivity index (χ4n) is 10.4. The molecule has 10 aliphatic rings. The van der Waals surface area contributed by atoms with Gasteiger partial charge < -0.3 is 52.5 Å². The molecule has 12 bridgehead atoms. The highest BCUT2D eigenvalue weighted by atomic mass is 16.8. The zero-order valence-corrected chi connectivity index (χ0v) is 28.7. The van der Waals surface area contributed by atoms with Crippen LogP contribution in [-0.2, 0) is 52.2 Å². The molecule has 18 atom stereocenters. The monoisotopic (exact) mass is 688 g/mol. The second-order valence-electron chi connectivity index (χ2n) is 16.0. The van der Waals surface area contributed by atoms with Crippen molar-refractivity contribution in [2.45, 2.75) is 181 Å². The van der Waals surface area contributed by atoms with Gasteiger partial charge in [-0.05, 0) is 62.0 Å². The van der Waals surface area contributed by atoms with Crippen molar-refractivity contribution in [3.63, 3.8) is 0 Å². The van der Waals surface area contributed by atoms with Crippen molar-refractivity contribution in [2.75, 3.05) is 13.7 Å². The van der Waals surface area contributed by atoms with Crippen molar-refractivity contribution in [3.05, 3.63) is 24.3 Å². The van der Waals surface area contributed by atoms with Crippen LogP contribution >= 0.6 is 0 Å². The van der Waals surface area contributed by atoms with E-state index in [-0.39, 0.29) is 86.1 Å². The molecule has 10 saturated heterocycles. The van der Waals surface area contributed by atoms with E-state index in [1.54, 1.807) is 7.11 Å². The van der Waals surface area contributed by atoms with E-state index in [1.807, 2.05) is 0 Å². The van der Waals surface area contributed by atoms with E-state index >= 15 is 0 Å². The van der Waals surface area contributed by atoms with E-state index in [9.17, 15) is 9.90 Å². The highest BCUT2D eigenvalue weighted by Gasteiger charge is 2.68. The Morgan fingerprint density at radius 2 is 1.51 bits per heavy atom. The Morgan fingerprint density at radius 3 is 2.35 bits per heavy atom. The van der Waals surface area contributed by atoms with Crippen molar-refractivity contribution < 1.29 is 57.3 Å². The summed E-state index contributed by atoms with van der Waals surface area (Å²) in [6.07, 6.45) is 2.58. The average Bonchev–Trinajstić information content (AvgIpc) is 3.76. The molecule has 12 heteroatoms. The first kappa shape index (κ1) is 33.4. The minimum absolute atomic E-state index is 0.0171. The number of fused-ring (bicyclic) bond motifs is 6. The van der Waals surface area contributed by atoms with Gasteiger partial charge in [0.25, 0.3) is 0 Å². The van der Waals surface area contributed by atoms with Gasteiger partial charge in [0.2, 0.25) is 0 Å². The van der Waals surface area contributed by atoms with Crippen LogP contribution in [0.15, 0.2) is 24.3 Å². The van der Waals surface area contributed by atoms with Crippen molar-refractivity contribution >= 4 is 5.97 Å². The zero-order chi connectivity index (χ0) is 33.6. The summed E-state index contributed by atoms with van der Waals surface area (Å²) in [7, 11) is 1.55. The Labute approximate surface area is 288 Å². The van der Waals surface area contributed by atoms with Gasteiger partial charge in [-0.15, -0.1) is 0 Å². The number of hydrogen-bond donors (Lipinski definition) is 1. The van der Waals surface area contributed by atoms with Gasteiger partial charge in [0, 0.05) is 26.4 Å². The summed E-state index contributed by atoms with van der Waals surface area (Å²) in [5, 5.41) is 10.2. The third-order valence-corrected chi connectivity index (χ3v) is 12.9. The Kier molecular flexibility index (Phi) is 8.79. The van der Waals surface area contributed by atoms with Gasteiger partial charge in [0.15, 0.2) is 11.9 Å². The Morgan fingerprint density at radius 1 is 0.755 bits per heavy atom. The van der Waals surface area contributed by atoms with Crippen LogP contribution in [0.25, 0.3) is 0 Å². The first-order chi connectivity index (χ1) is 23.7. The molecule has 1 N–H and O–H groups in total. The number of aliphatic hydroxyl groups excluding tert-OH is 1. The van der Waals surface area contributed by atoms with Crippen LogP contribution in [-0.4, -0.2) is 128 Å². The van der Waals surface area contributed by atoms with E-state index in [0.717, 1.165) is 49.7 Å². The van der Waals surface area contributed by atoms with E-state index in [0.29, 0.717) is 25.7 Å². The minimum Gasteiger partial charge on any atom is -0.457 e. The maximum Gasteiger partial charge on any atom is 0.308 e. The molecule has 272 valence electrons. The normalized spacial score (nSPS) is 54.0. The van der Waals surface area contributed by atoms with Gasteiger partial charge in [0.05, 0.1) is 55.8 Å². The highest BCUT2D eigenvalue weighted by Crippen LogP contribution is 2.54. The lowest BCUT2D eigenvalue weighted by Crippen LogP contribution is -2.61. The van der Waals surface area contributed by atoms with Gasteiger partial charge in [-0.25, -0.2) is 0 Å². The summed E-state index contributed by atoms with van der Waals surface area (Å²) in [6.45, 7) is 10.7. The summed E-state index contributed by atoms with van der Waals surface area (Å²) in [5.74, 6) is -0.940. The molecule has 0 aromatic rings. The molecule has 49 heavy (non-hydrogen) atoms. The van der Waals surface area contributed by atoms with E-state index in [2.05, 4.69) is 20.1 Å². The van der Waals surface area contributed by atoms with E-state index in [4.69, 9.17) is 47.4 Å². The maximum absolute atomic E-state index is 13.6. The molecule has 10 rings (SSSR count). The number of hydrogen-bond acceptors (Lipinski definition) is 12. The predicted molar refractivity (Wildman–Crippen MR) is 170 cm³/mol. The van der Waals surface area contributed by atoms with Gasteiger partial charge in [-0.2, -0.15) is 0 Å². The summed E-state index contributed by atoms with van der Waals surface area (Å²) in [5.41, 5.74) is 2.13. The number of esters is 1.